The van der Waals surface area contributed by atoms with Crippen LogP contribution in [0.25, 0.3) is 11.0 Å². The molecule has 0 radical (unpaired) electrons. The van der Waals surface area contributed by atoms with E-state index >= 15 is 0 Å². The Balaban J connectivity index is 1.59. The van der Waals surface area contributed by atoms with Crippen LogP contribution < -0.4 is 0 Å². The highest BCUT2D eigenvalue weighted by Gasteiger charge is 2.38. The van der Waals surface area contributed by atoms with Crippen LogP contribution in [0.15, 0.2) is 22.8 Å². The van der Waals surface area contributed by atoms with Gasteiger partial charge in [0.1, 0.15) is 11.0 Å². The second-order valence-electron chi connectivity index (χ2n) is 6.40. The fourth-order valence-electron chi connectivity index (χ4n) is 4.00. The Morgan fingerprint density at radius 3 is 2.67 bits per heavy atom. The molecule has 110 valence electrons. The topological polar surface area (TPSA) is 59.2 Å². The summed E-state index contributed by atoms with van der Waals surface area (Å²) >= 11 is 0. The van der Waals surface area contributed by atoms with E-state index in [4.69, 9.17) is 4.63 Å². The fourth-order valence-corrected chi connectivity index (χ4v) is 4.00. The maximum absolute atomic E-state index is 12.8. The van der Waals surface area contributed by atoms with Gasteiger partial charge in [0.15, 0.2) is 5.78 Å². The Labute approximate surface area is 123 Å². The first-order chi connectivity index (χ1) is 10.2. The van der Waals surface area contributed by atoms with Gasteiger partial charge in [0, 0.05) is 23.6 Å². The molecule has 1 aromatic heterocycles. The third-order valence-electron chi connectivity index (χ3n) is 5.25. The summed E-state index contributed by atoms with van der Waals surface area (Å²) in [5, 5.41) is 7.61. The van der Waals surface area contributed by atoms with Gasteiger partial charge in [-0.25, -0.2) is 4.63 Å². The number of carbonyl (C=O) groups excluding carboxylic acids is 1. The molecule has 5 nitrogen and oxygen atoms in total. The number of Topliss-reactive ketones (excluding diaryl/α,β-unsaturated/α-hetero) is 1. The highest BCUT2D eigenvalue weighted by Crippen LogP contribution is 2.37. The number of carbonyl (C=O) groups is 1. The Kier molecular flexibility index (Phi) is 3.03. The van der Waals surface area contributed by atoms with Crippen molar-refractivity contribution in [2.24, 2.45) is 5.92 Å². The third kappa shape index (κ3) is 2.16. The van der Waals surface area contributed by atoms with Gasteiger partial charge in [0.2, 0.25) is 0 Å². The van der Waals surface area contributed by atoms with Crippen molar-refractivity contribution in [1.29, 1.82) is 0 Å². The molecular formula is C16H19N3O2. The van der Waals surface area contributed by atoms with Crippen LogP contribution >= 0.6 is 0 Å². The molecule has 2 aliphatic rings. The van der Waals surface area contributed by atoms with Crippen molar-refractivity contribution >= 4 is 16.8 Å². The zero-order valence-corrected chi connectivity index (χ0v) is 12.2. The second kappa shape index (κ2) is 4.91. The zero-order valence-electron chi connectivity index (χ0n) is 12.2. The molecule has 3 heterocycles. The van der Waals surface area contributed by atoms with Gasteiger partial charge in [-0.3, -0.25) is 4.79 Å². The summed E-state index contributed by atoms with van der Waals surface area (Å²) in [5.41, 5.74) is 2.10. The molecule has 0 spiro atoms. The number of benzene rings is 1. The average molecular weight is 285 g/mol. The number of piperidine rings is 2. The zero-order chi connectivity index (χ0) is 14.4. The molecule has 0 amide bonds. The Bertz CT molecular complexity index is 667. The smallest absolute Gasteiger partial charge is 0.166 e. The van der Waals surface area contributed by atoms with E-state index in [-0.39, 0.29) is 11.7 Å². The van der Waals surface area contributed by atoms with E-state index in [2.05, 4.69) is 22.3 Å². The van der Waals surface area contributed by atoms with Crippen LogP contribution in [0.5, 0.6) is 0 Å². The van der Waals surface area contributed by atoms with E-state index in [0.29, 0.717) is 23.1 Å². The first kappa shape index (κ1) is 13.0. The van der Waals surface area contributed by atoms with Crippen molar-refractivity contribution < 1.29 is 9.42 Å². The fraction of sp³-hybridized carbons (Fsp3) is 0.562. The van der Waals surface area contributed by atoms with Crippen molar-refractivity contribution in [2.75, 3.05) is 7.05 Å². The molecule has 0 saturated carbocycles. The molecule has 4 rings (SSSR count). The number of ketones is 1. The number of hydrogen-bond acceptors (Lipinski definition) is 5. The lowest BCUT2D eigenvalue weighted by atomic mass is 9.76. The minimum absolute atomic E-state index is 0.147. The number of aromatic nitrogens is 2. The van der Waals surface area contributed by atoms with Gasteiger partial charge in [-0.05, 0) is 61.2 Å². The monoisotopic (exact) mass is 285 g/mol. The van der Waals surface area contributed by atoms with E-state index in [0.717, 1.165) is 18.4 Å². The summed E-state index contributed by atoms with van der Waals surface area (Å²) < 4.78 is 4.70. The largest absolute Gasteiger partial charge is 0.300 e. The van der Waals surface area contributed by atoms with E-state index in [9.17, 15) is 4.79 Å². The van der Waals surface area contributed by atoms with Crippen LogP contribution in [0.4, 0.5) is 0 Å². The Morgan fingerprint density at radius 2 is 1.90 bits per heavy atom. The van der Waals surface area contributed by atoms with Crippen molar-refractivity contribution in [3.05, 3.63) is 23.8 Å². The van der Waals surface area contributed by atoms with Crippen molar-refractivity contribution in [2.45, 2.75) is 44.2 Å². The molecule has 2 aromatic rings. The van der Waals surface area contributed by atoms with Gasteiger partial charge < -0.3 is 4.90 Å². The third-order valence-corrected chi connectivity index (χ3v) is 5.25. The van der Waals surface area contributed by atoms with Gasteiger partial charge in [0.05, 0.1) is 0 Å². The van der Waals surface area contributed by atoms with Crippen LogP contribution in [0, 0.1) is 5.92 Å². The summed E-state index contributed by atoms with van der Waals surface area (Å²) in [4.78, 5) is 15.3. The molecule has 21 heavy (non-hydrogen) atoms. The first-order valence-electron chi connectivity index (χ1n) is 7.71. The summed E-state index contributed by atoms with van der Waals surface area (Å²) in [5.74, 6) is 0.402. The van der Waals surface area contributed by atoms with Gasteiger partial charge in [-0.2, -0.15) is 0 Å². The molecule has 2 fully saturated rings. The van der Waals surface area contributed by atoms with Crippen LogP contribution in [0.2, 0.25) is 0 Å². The van der Waals surface area contributed by atoms with E-state index < -0.39 is 0 Å². The minimum Gasteiger partial charge on any atom is -0.300 e. The molecule has 0 aliphatic carbocycles. The summed E-state index contributed by atoms with van der Waals surface area (Å²) in [6, 6.07) is 6.62. The highest BCUT2D eigenvalue weighted by atomic mass is 16.6. The lowest BCUT2D eigenvalue weighted by Gasteiger charge is -2.46. The maximum Gasteiger partial charge on any atom is 0.166 e. The molecule has 0 N–H and O–H groups in total. The van der Waals surface area contributed by atoms with Crippen LogP contribution in [0.3, 0.4) is 0 Å². The molecule has 2 saturated heterocycles. The van der Waals surface area contributed by atoms with Crippen molar-refractivity contribution in [3.63, 3.8) is 0 Å². The first-order valence-corrected chi connectivity index (χ1v) is 7.71. The van der Waals surface area contributed by atoms with Crippen molar-refractivity contribution in [3.8, 4) is 0 Å². The second-order valence-corrected chi connectivity index (χ2v) is 6.40. The van der Waals surface area contributed by atoms with Crippen LogP contribution in [-0.2, 0) is 0 Å². The maximum atomic E-state index is 12.8. The molecule has 2 aliphatic heterocycles. The summed E-state index contributed by atoms with van der Waals surface area (Å²) in [7, 11) is 2.21. The lowest BCUT2D eigenvalue weighted by molar-refractivity contribution is 0.0338. The Morgan fingerprint density at radius 1 is 1.19 bits per heavy atom. The van der Waals surface area contributed by atoms with Crippen molar-refractivity contribution in [1.82, 2.24) is 15.2 Å². The lowest BCUT2D eigenvalue weighted by Crippen LogP contribution is -2.51. The minimum atomic E-state index is 0.147. The number of fused-ring (bicyclic) bond motifs is 3. The standard InChI is InChI=1S/C16H19N3O2/c1-19-12-3-2-4-13(19)8-11(7-12)16(20)10-5-6-14-15(9-10)18-21-17-14/h5-6,9,11-13H,2-4,7-8H2,1H3. The van der Waals surface area contributed by atoms with Crippen LogP contribution in [-0.4, -0.2) is 40.1 Å². The molecule has 2 bridgehead atoms. The Hall–Kier alpha value is -1.75. The van der Waals surface area contributed by atoms with Gasteiger partial charge in [-0.15, -0.1) is 0 Å². The van der Waals surface area contributed by atoms with Gasteiger partial charge in [-0.1, -0.05) is 6.42 Å². The normalized spacial score (nSPS) is 29.7. The highest BCUT2D eigenvalue weighted by molar-refractivity contribution is 6.00. The molecular weight excluding hydrogens is 266 g/mol. The van der Waals surface area contributed by atoms with Gasteiger partial charge in [0.25, 0.3) is 0 Å². The van der Waals surface area contributed by atoms with E-state index in [1.165, 1.54) is 19.3 Å². The number of hydrogen-bond donors (Lipinski definition) is 0. The van der Waals surface area contributed by atoms with Crippen LogP contribution in [0.1, 0.15) is 42.5 Å². The summed E-state index contributed by atoms with van der Waals surface area (Å²) in [6.45, 7) is 0. The summed E-state index contributed by atoms with van der Waals surface area (Å²) in [6.07, 6.45) is 5.73. The van der Waals surface area contributed by atoms with E-state index in [1.54, 1.807) is 0 Å². The molecule has 1 aromatic carbocycles. The molecule has 5 heteroatoms. The number of nitrogens with zero attached hydrogens (tertiary/aromatic N) is 3. The predicted octanol–water partition coefficient (Wildman–Crippen LogP) is 2.67. The van der Waals surface area contributed by atoms with E-state index in [1.807, 2.05) is 18.2 Å². The average Bonchev–Trinajstić information content (AvgIpc) is 2.93. The SMILES string of the molecule is CN1C2CCCC1CC(C(=O)c1ccc3nonc3c1)C2. The quantitative estimate of drug-likeness (QED) is 0.794. The number of rotatable bonds is 2. The molecule has 2 unspecified atom stereocenters. The van der Waals surface area contributed by atoms with Gasteiger partial charge >= 0.3 is 0 Å². The molecule has 2 atom stereocenters. The predicted molar refractivity (Wildman–Crippen MR) is 78.0 cm³/mol.